The largest absolute Gasteiger partial charge is 0.490 e. The molecule has 0 unspecified atom stereocenters. The standard InChI is InChI=1S/C8H13NO4.C2HF3O2/c1-5(10)12-7-3-9-4-8(7)13-6(2)11;3-2(4,5)1(6)7/h7-9H,3-4H2,1-2H3;(H,6,7)/t7-,8-;/m1./s1. The summed E-state index contributed by atoms with van der Waals surface area (Å²) >= 11 is 0. The van der Waals surface area contributed by atoms with Crippen LogP contribution in [0.5, 0.6) is 0 Å². The molecule has 0 bridgehead atoms. The molecule has 0 radical (unpaired) electrons. The van der Waals surface area contributed by atoms with Gasteiger partial charge in [-0.3, -0.25) is 9.59 Å². The van der Waals surface area contributed by atoms with E-state index in [-0.39, 0.29) is 24.1 Å². The molecule has 1 saturated heterocycles. The number of halogens is 3. The van der Waals surface area contributed by atoms with Gasteiger partial charge in [0.05, 0.1) is 0 Å². The van der Waals surface area contributed by atoms with E-state index in [0.29, 0.717) is 13.1 Å². The van der Waals surface area contributed by atoms with Crippen LogP contribution in [0, 0.1) is 0 Å². The van der Waals surface area contributed by atoms with Crippen molar-refractivity contribution in [2.75, 3.05) is 13.1 Å². The maximum Gasteiger partial charge on any atom is 0.490 e. The summed E-state index contributed by atoms with van der Waals surface area (Å²) in [7, 11) is 0. The lowest BCUT2D eigenvalue weighted by atomic mass is 10.2. The summed E-state index contributed by atoms with van der Waals surface area (Å²) in [5.74, 6) is -3.47. The Labute approximate surface area is 112 Å². The van der Waals surface area contributed by atoms with E-state index in [9.17, 15) is 22.8 Å². The van der Waals surface area contributed by atoms with Gasteiger partial charge in [-0.1, -0.05) is 0 Å². The molecule has 2 N–H and O–H groups in total. The highest BCUT2D eigenvalue weighted by atomic mass is 19.4. The second kappa shape index (κ2) is 7.68. The Morgan fingerprint density at radius 1 is 1.05 bits per heavy atom. The number of carboxylic acid groups (broad SMARTS) is 1. The molecular weight excluding hydrogens is 287 g/mol. The van der Waals surface area contributed by atoms with E-state index in [1.807, 2.05) is 0 Å². The minimum atomic E-state index is -5.08. The summed E-state index contributed by atoms with van der Waals surface area (Å²) in [5, 5.41) is 10.1. The number of ether oxygens (including phenoxy) is 2. The molecule has 0 aromatic rings. The number of hydrogen-bond donors (Lipinski definition) is 2. The third kappa shape index (κ3) is 7.56. The Morgan fingerprint density at radius 3 is 1.55 bits per heavy atom. The van der Waals surface area contributed by atoms with Crippen molar-refractivity contribution < 1.29 is 42.1 Å². The van der Waals surface area contributed by atoms with E-state index >= 15 is 0 Å². The van der Waals surface area contributed by atoms with Gasteiger partial charge in [0.25, 0.3) is 0 Å². The number of esters is 2. The average Bonchev–Trinajstić information content (AvgIpc) is 2.63. The van der Waals surface area contributed by atoms with Crippen LogP contribution in [0.25, 0.3) is 0 Å². The van der Waals surface area contributed by atoms with Crippen molar-refractivity contribution in [2.24, 2.45) is 0 Å². The Morgan fingerprint density at radius 2 is 1.35 bits per heavy atom. The molecule has 2 atom stereocenters. The molecule has 0 saturated carbocycles. The molecular formula is C10H14F3NO6. The van der Waals surface area contributed by atoms with E-state index < -0.39 is 12.1 Å². The number of carbonyl (C=O) groups is 3. The minimum absolute atomic E-state index is 0.346. The van der Waals surface area contributed by atoms with Crippen LogP contribution in [0.3, 0.4) is 0 Å². The maximum atomic E-state index is 10.6. The number of nitrogens with one attached hydrogen (secondary N) is 1. The SMILES string of the molecule is CC(=O)O[C@@H]1CNC[C@H]1OC(C)=O.O=C(O)C(F)(F)F. The zero-order chi connectivity index (χ0) is 15.9. The number of hydrogen-bond acceptors (Lipinski definition) is 6. The third-order valence-corrected chi connectivity index (χ3v) is 1.98. The molecule has 7 nitrogen and oxygen atoms in total. The van der Waals surface area contributed by atoms with Gasteiger partial charge in [-0.05, 0) is 0 Å². The summed E-state index contributed by atoms with van der Waals surface area (Å²) in [5.41, 5.74) is 0. The van der Waals surface area contributed by atoms with Gasteiger partial charge in [-0.2, -0.15) is 13.2 Å². The normalized spacial score (nSPS) is 21.4. The molecule has 1 rings (SSSR count). The minimum Gasteiger partial charge on any atom is -0.475 e. The Bertz CT molecular complexity index is 348. The summed E-state index contributed by atoms with van der Waals surface area (Å²) < 4.78 is 41.6. The van der Waals surface area contributed by atoms with E-state index in [4.69, 9.17) is 19.4 Å². The van der Waals surface area contributed by atoms with Crippen LogP contribution < -0.4 is 5.32 Å². The quantitative estimate of drug-likeness (QED) is 0.697. The van der Waals surface area contributed by atoms with Crippen LogP contribution >= 0.6 is 0 Å². The highest BCUT2D eigenvalue weighted by molar-refractivity contribution is 5.73. The van der Waals surface area contributed by atoms with Crippen molar-refractivity contribution >= 4 is 17.9 Å². The summed E-state index contributed by atoms with van der Waals surface area (Å²) in [6.07, 6.45) is -5.78. The first-order chi connectivity index (χ1) is 9.04. The summed E-state index contributed by atoms with van der Waals surface area (Å²) in [6.45, 7) is 3.75. The van der Waals surface area contributed by atoms with Crippen molar-refractivity contribution in [1.29, 1.82) is 0 Å². The molecule has 0 aliphatic carbocycles. The van der Waals surface area contributed by atoms with Crippen LogP contribution in [0.2, 0.25) is 0 Å². The fourth-order valence-electron chi connectivity index (χ4n) is 1.29. The molecule has 0 aromatic heterocycles. The lowest BCUT2D eigenvalue weighted by Crippen LogP contribution is -2.32. The Balaban J connectivity index is 0.000000441. The van der Waals surface area contributed by atoms with Crippen molar-refractivity contribution in [1.82, 2.24) is 5.32 Å². The van der Waals surface area contributed by atoms with Crippen molar-refractivity contribution in [2.45, 2.75) is 32.2 Å². The summed E-state index contributed by atoms with van der Waals surface area (Å²) in [4.78, 5) is 30.2. The monoisotopic (exact) mass is 301 g/mol. The third-order valence-electron chi connectivity index (χ3n) is 1.98. The first-order valence-corrected chi connectivity index (χ1v) is 5.39. The molecule has 20 heavy (non-hydrogen) atoms. The van der Waals surface area contributed by atoms with Crippen molar-refractivity contribution in [3.05, 3.63) is 0 Å². The van der Waals surface area contributed by atoms with Gasteiger partial charge in [0, 0.05) is 26.9 Å². The maximum absolute atomic E-state index is 10.6. The van der Waals surface area contributed by atoms with Crippen LogP contribution in [0.15, 0.2) is 0 Å². The highest BCUT2D eigenvalue weighted by Gasteiger charge is 2.38. The molecule has 1 aliphatic heterocycles. The molecule has 0 aromatic carbocycles. The predicted octanol–water partition coefficient (Wildman–Crippen LogP) is 0.0863. The number of aliphatic carboxylic acids is 1. The molecule has 1 aliphatic rings. The zero-order valence-corrected chi connectivity index (χ0v) is 10.7. The van der Waals surface area contributed by atoms with Crippen molar-refractivity contribution in [3.8, 4) is 0 Å². The number of carbonyl (C=O) groups excluding carboxylic acids is 2. The predicted molar refractivity (Wildman–Crippen MR) is 57.7 cm³/mol. The molecule has 116 valence electrons. The van der Waals surface area contributed by atoms with E-state index in [2.05, 4.69) is 5.32 Å². The first-order valence-electron chi connectivity index (χ1n) is 5.39. The second-order valence-electron chi connectivity index (χ2n) is 3.76. The van der Waals surface area contributed by atoms with Gasteiger partial charge in [-0.15, -0.1) is 0 Å². The highest BCUT2D eigenvalue weighted by Crippen LogP contribution is 2.13. The van der Waals surface area contributed by atoms with E-state index in [0.717, 1.165) is 0 Å². The number of alkyl halides is 3. The van der Waals surface area contributed by atoms with Gasteiger partial charge in [0.1, 0.15) is 0 Å². The first kappa shape index (κ1) is 18.2. The second-order valence-corrected chi connectivity index (χ2v) is 3.76. The lowest BCUT2D eigenvalue weighted by molar-refractivity contribution is -0.192. The zero-order valence-electron chi connectivity index (χ0n) is 10.7. The van der Waals surface area contributed by atoms with Crippen LogP contribution in [0.1, 0.15) is 13.8 Å². The average molecular weight is 301 g/mol. The lowest BCUT2D eigenvalue weighted by Gasteiger charge is -2.17. The number of carboxylic acids is 1. The van der Waals surface area contributed by atoms with Crippen molar-refractivity contribution in [3.63, 3.8) is 0 Å². The summed E-state index contributed by atoms with van der Waals surface area (Å²) in [6, 6.07) is 0. The van der Waals surface area contributed by atoms with Crippen LogP contribution in [-0.2, 0) is 23.9 Å². The van der Waals surface area contributed by atoms with E-state index in [1.54, 1.807) is 0 Å². The Hall–Kier alpha value is -1.84. The Kier molecular flexibility index (Phi) is 6.97. The fraction of sp³-hybridized carbons (Fsp3) is 0.700. The fourth-order valence-corrected chi connectivity index (χ4v) is 1.29. The van der Waals surface area contributed by atoms with Crippen LogP contribution in [-0.4, -0.2) is 54.5 Å². The van der Waals surface area contributed by atoms with Crippen LogP contribution in [0.4, 0.5) is 13.2 Å². The molecule has 0 amide bonds. The number of rotatable bonds is 2. The molecule has 1 heterocycles. The van der Waals surface area contributed by atoms with Gasteiger partial charge in [-0.25, -0.2) is 4.79 Å². The van der Waals surface area contributed by atoms with Gasteiger partial charge >= 0.3 is 24.1 Å². The molecule has 10 heteroatoms. The topological polar surface area (TPSA) is 102 Å². The van der Waals surface area contributed by atoms with Gasteiger partial charge in [0.2, 0.25) is 0 Å². The molecule has 0 spiro atoms. The molecule has 1 fully saturated rings. The van der Waals surface area contributed by atoms with Gasteiger partial charge in [0.15, 0.2) is 12.2 Å². The van der Waals surface area contributed by atoms with Gasteiger partial charge < -0.3 is 19.9 Å². The van der Waals surface area contributed by atoms with E-state index in [1.165, 1.54) is 13.8 Å². The smallest absolute Gasteiger partial charge is 0.475 e.